The number of anilines is 1. The van der Waals surface area contributed by atoms with Crippen LogP contribution in [0, 0.1) is 0 Å². The standard InChI is InChI=1S/C10H11N2O/c1-7(13)12-5-4-8-2-3-9(11)6-10(8)12/h2-3,6,11H,4-5H2,1H3. The van der Waals surface area contributed by atoms with E-state index in [1.165, 1.54) is 5.56 Å². The molecule has 1 N–H and O–H groups in total. The summed E-state index contributed by atoms with van der Waals surface area (Å²) in [6, 6.07) is 5.45. The van der Waals surface area contributed by atoms with Gasteiger partial charge >= 0.3 is 0 Å². The monoisotopic (exact) mass is 175 g/mol. The van der Waals surface area contributed by atoms with Crippen LogP contribution in [0.3, 0.4) is 0 Å². The van der Waals surface area contributed by atoms with E-state index in [9.17, 15) is 4.79 Å². The summed E-state index contributed by atoms with van der Waals surface area (Å²) < 4.78 is 0. The summed E-state index contributed by atoms with van der Waals surface area (Å²) in [6.45, 7) is 2.32. The highest BCUT2D eigenvalue weighted by Crippen LogP contribution is 2.30. The molecule has 1 heterocycles. The molecule has 3 heteroatoms. The van der Waals surface area contributed by atoms with Crippen molar-refractivity contribution < 1.29 is 4.79 Å². The van der Waals surface area contributed by atoms with Crippen molar-refractivity contribution in [2.24, 2.45) is 0 Å². The van der Waals surface area contributed by atoms with Crippen LogP contribution in [0.1, 0.15) is 12.5 Å². The third-order valence-corrected chi connectivity index (χ3v) is 2.36. The summed E-state index contributed by atoms with van der Waals surface area (Å²) in [5, 5.41) is 0. The van der Waals surface area contributed by atoms with Crippen molar-refractivity contribution in [3.8, 4) is 0 Å². The average molecular weight is 175 g/mol. The molecule has 0 saturated heterocycles. The van der Waals surface area contributed by atoms with Crippen LogP contribution in [-0.4, -0.2) is 12.5 Å². The summed E-state index contributed by atoms with van der Waals surface area (Å²) in [7, 11) is 0. The molecular weight excluding hydrogens is 164 g/mol. The van der Waals surface area contributed by atoms with E-state index in [0.717, 1.165) is 18.7 Å². The second kappa shape index (κ2) is 2.76. The van der Waals surface area contributed by atoms with Crippen molar-refractivity contribution in [3.05, 3.63) is 23.8 Å². The minimum Gasteiger partial charge on any atom is -0.312 e. The molecule has 1 aliphatic heterocycles. The predicted molar refractivity (Wildman–Crippen MR) is 50.9 cm³/mol. The molecule has 0 atom stereocenters. The Bertz CT molecular complexity index is 360. The van der Waals surface area contributed by atoms with E-state index in [4.69, 9.17) is 5.73 Å². The first kappa shape index (κ1) is 8.10. The molecule has 0 aromatic heterocycles. The fraction of sp³-hybridized carbons (Fsp3) is 0.300. The number of rotatable bonds is 0. The smallest absolute Gasteiger partial charge is 0.223 e. The van der Waals surface area contributed by atoms with Gasteiger partial charge in [0.2, 0.25) is 5.91 Å². The van der Waals surface area contributed by atoms with E-state index in [1.54, 1.807) is 24.0 Å². The number of fused-ring (bicyclic) bond motifs is 1. The van der Waals surface area contributed by atoms with Gasteiger partial charge in [0, 0.05) is 19.2 Å². The second-order valence-electron chi connectivity index (χ2n) is 3.26. The molecule has 1 aromatic rings. The molecule has 0 unspecified atom stereocenters. The van der Waals surface area contributed by atoms with Crippen molar-refractivity contribution in [2.75, 3.05) is 11.4 Å². The van der Waals surface area contributed by atoms with Gasteiger partial charge in [0.25, 0.3) is 0 Å². The van der Waals surface area contributed by atoms with Crippen LogP contribution in [0.25, 0.3) is 0 Å². The average Bonchev–Trinajstić information content (AvgIpc) is 2.46. The fourth-order valence-electron chi connectivity index (χ4n) is 1.71. The largest absolute Gasteiger partial charge is 0.312 e. The van der Waals surface area contributed by atoms with E-state index in [2.05, 4.69) is 0 Å². The maximum Gasteiger partial charge on any atom is 0.223 e. The zero-order valence-electron chi connectivity index (χ0n) is 7.50. The molecule has 1 aromatic carbocycles. The molecule has 0 aliphatic carbocycles. The first-order valence-corrected chi connectivity index (χ1v) is 4.31. The van der Waals surface area contributed by atoms with Crippen molar-refractivity contribution in [1.29, 1.82) is 0 Å². The van der Waals surface area contributed by atoms with Crippen LogP contribution < -0.4 is 10.6 Å². The molecule has 0 bridgehead atoms. The highest BCUT2D eigenvalue weighted by molar-refractivity contribution is 5.94. The van der Waals surface area contributed by atoms with E-state index >= 15 is 0 Å². The number of nitrogens with one attached hydrogen (secondary N) is 1. The van der Waals surface area contributed by atoms with Gasteiger partial charge in [0.05, 0.1) is 5.69 Å². The fourth-order valence-corrected chi connectivity index (χ4v) is 1.71. The first-order valence-electron chi connectivity index (χ1n) is 4.31. The Balaban J connectivity index is 2.46. The van der Waals surface area contributed by atoms with Gasteiger partial charge in [-0.2, -0.15) is 0 Å². The van der Waals surface area contributed by atoms with Crippen molar-refractivity contribution in [2.45, 2.75) is 13.3 Å². The molecule has 0 spiro atoms. The Morgan fingerprint density at radius 3 is 3.00 bits per heavy atom. The first-order chi connectivity index (χ1) is 6.18. The summed E-state index contributed by atoms with van der Waals surface area (Å²) in [5.41, 5.74) is 10.0. The minimum atomic E-state index is 0.0596. The lowest BCUT2D eigenvalue weighted by atomic mass is 10.1. The molecule has 1 amide bonds. The van der Waals surface area contributed by atoms with Gasteiger partial charge in [0.1, 0.15) is 0 Å². The molecule has 3 nitrogen and oxygen atoms in total. The van der Waals surface area contributed by atoms with Crippen molar-refractivity contribution >= 4 is 17.3 Å². The van der Waals surface area contributed by atoms with Crippen LogP contribution in [0.15, 0.2) is 18.2 Å². The highest BCUT2D eigenvalue weighted by atomic mass is 16.2. The maximum absolute atomic E-state index is 11.2. The molecule has 1 aliphatic rings. The number of nitrogens with zero attached hydrogens (tertiary/aromatic N) is 1. The summed E-state index contributed by atoms with van der Waals surface area (Å²) in [5.74, 6) is 0.0596. The Hall–Kier alpha value is -1.51. The Morgan fingerprint density at radius 1 is 1.54 bits per heavy atom. The number of hydrogen-bond donors (Lipinski definition) is 0. The highest BCUT2D eigenvalue weighted by Gasteiger charge is 2.21. The summed E-state index contributed by atoms with van der Waals surface area (Å²) in [4.78, 5) is 12.9. The molecule has 0 saturated carbocycles. The molecule has 13 heavy (non-hydrogen) atoms. The Kier molecular flexibility index (Phi) is 1.72. The van der Waals surface area contributed by atoms with E-state index < -0.39 is 0 Å². The third kappa shape index (κ3) is 1.26. The lowest BCUT2D eigenvalue weighted by molar-refractivity contribution is -0.116. The number of carbonyl (C=O) groups is 1. The number of benzene rings is 1. The molecular formula is C10H11N2O. The lowest BCUT2D eigenvalue weighted by Crippen LogP contribution is -2.25. The second-order valence-corrected chi connectivity index (χ2v) is 3.26. The van der Waals surface area contributed by atoms with E-state index in [-0.39, 0.29) is 5.91 Å². The van der Waals surface area contributed by atoms with Crippen molar-refractivity contribution in [1.82, 2.24) is 5.73 Å². The number of hydrogen-bond acceptors (Lipinski definition) is 1. The SMILES string of the molecule is CC(=O)N1CCc2ccc([NH])cc21. The summed E-state index contributed by atoms with van der Waals surface area (Å²) in [6.07, 6.45) is 0.912. The molecule has 67 valence electrons. The van der Waals surface area contributed by atoms with Gasteiger partial charge in [-0.15, -0.1) is 0 Å². The normalized spacial score (nSPS) is 14.4. The van der Waals surface area contributed by atoms with Crippen LogP contribution in [0.5, 0.6) is 0 Å². The predicted octanol–water partition coefficient (Wildman–Crippen LogP) is 1.51. The Labute approximate surface area is 77.1 Å². The molecule has 2 rings (SSSR count). The van der Waals surface area contributed by atoms with Crippen molar-refractivity contribution in [3.63, 3.8) is 0 Å². The van der Waals surface area contributed by atoms with Crippen LogP contribution in [-0.2, 0) is 11.2 Å². The third-order valence-electron chi connectivity index (χ3n) is 2.36. The zero-order chi connectivity index (χ0) is 9.42. The van der Waals surface area contributed by atoms with Gasteiger partial charge in [-0.05, 0) is 24.1 Å². The lowest BCUT2D eigenvalue weighted by Gasteiger charge is -2.14. The molecule has 1 radical (unpaired) electrons. The van der Waals surface area contributed by atoms with E-state index in [1.807, 2.05) is 6.07 Å². The number of carbonyl (C=O) groups excluding carboxylic acids is 1. The van der Waals surface area contributed by atoms with Gasteiger partial charge in [-0.1, -0.05) is 6.07 Å². The molecule has 0 fully saturated rings. The quantitative estimate of drug-likeness (QED) is 0.589. The van der Waals surface area contributed by atoms with Gasteiger partial charge in [-0.25, -0.2) is 0 Å². The van der Waals surface area contributed by atoms with Gasteiger partial charge in [0.15, 0.2) is 0 Å². The van der Waals surface area contributed by atoms with Crippen LogP contribution in [0.4, 0.5) is 11.4 Å². The van der Waals surface area contributed by atoms with Gasteiger partial charge < -0.3 is 10.6 Å². The Morgan fingerprint density at radius 2 is 2.31 bits per heavy atom. The maximum atomic E-state index is 11.2. The summed E-state index contributed by atoms with van der Waals surface area (Å²) >= 11 is 0. The number of amides is 1. The van der Waals surface area contributed by atoms with Gasteiger partial charge in [-0.3, -0.25) is 4.79 Å². The topological polar surface area (TPSA) is 44.1 Å². The van der Waals surface area contributed by atoms with E-state index in [0.29, 0.717) is 5.69 Å². The zero-order valence-corrected chi connectivity index (χ0v) is 7.50. The minimum absolute atomic E-state index is 0.0596. The van der Waals surface area contributed by atoms with Crippen LogP contribution >= 0.6 is 0 Å². The van der Waals surface area contributed by atoms with Crippen LogP contribution in [0.2, 0.25) is 0 Å².